The van der Waals surface area contributed by atoms with Crippen LogP contribution in [0.1, 0.15) is 21.6 Å². The summed E-state index contributed by atoms with van der Waals surface area (Å²) >= 11 is 3.09. The van der Waals surface area contributed by atoms with Crippen molar-refractivity contribution < 1.29 is 42.6 Å². The van der Waals surface area contributed by atoms with E-state index >= 15 is 0 Å². The van der Waals surface area contributed by atoms with Gasteiger partial charge in [0.2, 0.25) is 5.97 Å². The predicted molar refractivity (Wildman–Crippen MR) is 47.2 cm³/mol. The van der Waals surface area contributed by atoms with Crippen molar-refractivity contribution in [3.63, 3.8) is 0 Å². The molecular formula is C8H7BrNO2Y-. The Labute approximate surface area is 110 Å². The van der Waals surface area contributed by atoms with Crippen LogP contribution in [-0.4, -0.2) is 16.1 Å². The number of hydrogen-bond donors (Lipinski definition) is 1. The van der Waals surface area contributed by atoms with Gasteiger partial charge in [-0.25, -0.2) is 0 Å². The van der Waals surface area contributed by atoms with Crippen molar-refractivity contribution in [3.8, 4) is 0 Å². The van der Waals surface area contributed by atoms with Crippen LogP contribution in [0.5, 0.6) is 0 Å². The third-order valence-corrected chi connectivity index (χ3v) is 2.00. The van der Waals surface area contributed by atoms with E-state index in [1.807, 2.05) is 0 Å². The van der Waals surface area contributed by atoms with Crippen molar-refractivity contribution in [2.45, 2.75) is 13.8 Å². The van der Waals surface area contributed by atoms with Crippen LogP contribution < -0.4 is 0 Å². The topological polar surface area (TPSA) is 50.2 Å². The Balaban J connectivity index is 0.00000144. The molecule has 5 heteroatoms. The van der Waals surface area contributed by atoms with E-state index in [9.17, 15) is 4.79 Å². The van der Waals surface area contributed by atoms with E-state index in [0.29, 0.717) is 15.9 Å². The summed E-state index contributed by atoms with van der Waals surface area (Å²) in [6, 6.07) is 2.62. The van der Waals surface area contributed by atoms with E-state index in [1.165, 1.54) is 0 Å². The number of aromatic nitrogens is 1. The zero-order chi connectivity index (χ0) is 9.30. The van der Waals surface area contributed by atoms with Gasteiger partial charge in [-0.2, -0.15) is 0 Å². The van der Waals surface area contributed by atoms with Crippen LogP contribution in [0.25, 0.3) is 0 Å². The van der Waals surface area contributed by atoms with Crippen molar-refractivity contribution in [1.82, 2.24) is 4.98 Å². The molecule has 0 amide bonds. The molecule has 67 valence electrons. The van der Waals surface area contributed by atoms with Gasteiger partial charge in [-0.05, 0) is 28.5 Å². The van der Waals surface area contributed by atoms with E-state index in [0.717, 1.165) is 0 Å². The van der Waals surface area contributed by atoms with E-state index in [4.69, 9.17) is 5.11 Å². The number of hydrogen-bond acceptors (Lipinski definition) is 2. The van der Waals surface area contributed by atoms with Crippen LogP contribution in [0.3, 0.4) is 0 Å². The average Bonchev–Trinajstić information content (AvgIpc) is 1.96. The fourth-order valence-electron chi connectivity index (χ4n) is 0.851. The molecule has 1 rings (SSSR count). The summed E-state index contributed by atoms with van der Waals surface area (Å²) in [6.07, 6.45) is 0. The van der Waals surface area contributed by atoms with Crippen molar-refractivity contribution in [3.05, 3.63) is 27.5 Å². The zero-order valence-electron chi connectivity index (χ0n) is 7.26. The predicted octanol–water partition coefficient (Wildman–Crippen LogP) is 1.96. The number of rotatable bonds is 1. The molecule has 1 heterocycles. The summed E-state index contributed by atoms with van der Waals surface area (Å²) in [7, 11) is 0. The summed E-state index contributed by atoms with van der Waals surface area (Å²) in [5.74, 6) is -0.973. The van der Waals surface area contributed by atoms with Gasteiger partial charge in [0, 0.05) is 37.3 Å². The Morgan fingerprint density at radius 3 is 2.54 bits per heavy atom. The van der Waals surface area contributed by atoms with Crippen LogP contribution in [0.4, 0.5) is 0 Å². The number of carbonyl (C=O) groups is 1. The SMILES string of the molecule is Cc1nc(Br)[c-]c(C(=O)O)c1C.[Y]. The molecule has 0 spiro atoms. The van der Waals surface area contributed by atoms with Gasteiger partial charge in [0.1, 0.15) is 0 Å². The summed E-state index contributed by atoms with van der Waals surface area (Å²) in [5, 5.41) is 8.73. The Kier molecular flexibility index (Phi) is 5.26. The molecule has 0 bridgehead atoms. The summed E-state index contributed by atoms with van der Waals surface area (Å²) in [5.41, 5.74) is 1.54. The minimum absolute atomic E-state index is 0. The van der Waals surface area contributed by atoms with Crippen LogP contribution in [-0.2, 0) is 32.7 Å². The van der Waals surface area contributed by atoms with Gasteiger partial charge in [0.15, 0.2) is 0 Å². The van der Waals surface area contributed by atoms with E-state index in [-0.39, 0.29) is 38.3 Å². The van der Waals surface area contributed by atoms with Gasteiger partial charge in [-0.3, -0.25) is 4.98 Å². The Morgan fingerprint density at radius 1 is 1.54 bits per heavy atom. The molecule has 0 fully saturated rings. The molecule has 0 saturated heterocycles. The fraction of sp³-hybridized carbons (Fsp3) is 0.250. The van der Waals surface area contributed by atoms with Gasteiger partial charge in [-0.1, -0.05) is 6.92 Å². The molecule has 1 N–H and O–H groups in total. The number of aryl methyl sites for hydroxylation is 1. The average molecular weight is 318 g/mol. The molecule has 0 aromatic carbocycles. The van der Waals surface area contributed by atoms with Gasteiger partial charge in [0.05, 0.1) is 0 Å². The number of nitrogens with zero attached hydrogens (tertiary/aromatic N) is 1. The summed E-state index contributed by atoms with van der Waals surface area (Å²) in [4.78, 5) is 14.7. The van der Waals surface area contributed by atoms with E-state index < -0.39 is 5.97 Å². The van der Waals surface area contributed by atoms with Gasteiger partial charge in [-0.15, -0.1) is 17.2 Å². The standard InChI is InChI=1S/C8H7BrNO2.Y/c1-4-5(2)10-7(9)3-6(4)8(11)12;/h1-2H3,(H,11,12);/q-1;. The van der Waals surface area contributed by atoms with E-state index in [1.54, 1.807) is 13.8 Å². The number of carboxylic acids is 1. The second-order valence-corrected chi connectivity index (χ2v) is 3.17. The third kappa shape index (κ3) is 3.11. The molecule has 3 nitrogen and oxygen atoms in total. The first-order chi connectivity index (χ1) is 5.52. The molecule has 0 aliphatic heterocycles. The molecule has 0 unspecified atom stereocenters. The smallest absolute Gasteiger partial charge is 0.217 e. The second-order valence-electron chi connectivity index (χ2n) is 2.42. The Morgan fingerprint density at radius 2 is 2.08 bits per heavy atom. The molecule has 0 aliphatic carbocycles. The van der Waals surface area contributed by atoms with Gasteiger partial charge < -0.3 is 9.90 Å². The van der Waals surface area contributed by atoms with Crippen LogP contribution in [0, 0.1) is 19.9 Å². The fourth-order valence-corrected chi connectivity index (χ4v) is 1.31. The molecule has 0 aliphatic rings. The molecule has 1 radical (unpaired) electrons. The van der Waals surface area contributed by atoms with Crippen molar-refractivity contribution in [1.29, 1.82) is 0 Å². The Bertz CT molecular complexity index is 341. The molecule has 0 atom stereocenters. The maximum Gasteiger partial charge on any atom is 0.217 e. The first kappa shape index (κ1) is 13.2. The van der Waals surface area contributed by atoms with Crippen molar-refractivity contribution in [2.24, 2.45) is 0 Å². The first-order valence-corrected chi connectivity index (χ1v) is 4.11. The molecule has 13 heavy (non-hydrogen) atoms. The number of aromatic carboxylic acids is 1. The zero-order valence-corrected chi connectivity index (χ0v) is 11.7. The summed E-state index contributed by atoms with van der Waals surface area (Å²) in [6.45, 7) is 3.48. The monoisotopic (exact) mass is 317 g/mol. The van der Waals surface area contributed by atoms with Crippen LogP contribution >= 0.6 is 15.9 Å². The number of halogens is 1. The normalized spacial score (nSPS) is 9.15. The quantitative estimate of drug-likeness (QED) is 0.636. The molecular weight excluding hydrogens is 311 g/mol. The van der Waals surface area contributed by atoms with Crippen molar-refractivity contribution >= 4 is 21.9 Å². The summed E-state index contributed by atoms with van der Waals surface area (Å²) < 4.78 is 0.433. The third-order valence-electron chi connectivity index (χ3n) is 1.63. The molecule has 1 aromatic rings. The molecule has 0 saturated carbocycles. The van der Waals surface area contributed by atoms with E-state index in [2.05, 4.69) is 27.0 Å². The second kappa shape index (κ2) is 5.18. The minimum Gasteiger partial charge on any atom is -0.535 e. The van der Waals surface area contributed by atoms with Gasteiger partial charge >= 0.3 is 0 Å². The minimum atomic E-state index is -0.973. The van der Waals surface area contributed by atoms with Crippen LogP contribution in [0.15, 0.2) is 4.60 Å². The van der Waals surface area contributed by atoms with Gasteiger partial charge in [0.25, 0.3) is 0 Å². The largest absolute Gasteiger partial charge is 0.535 e. The number of carboxylic acid groups (broad SMARTS) is 1. The maximum absolute atomic E-state index is 10.6. The maximum atomic E-state index is 10.6. The van der Waals surface area contributed by atoms with Crippen molar-refractivity contribution in [2.75, 3.05) is 0 Å². The molecule has 1 aromatic heterocycles. The number of pyridine rings is 1. The Hall–Kier alpha value is 0.204. The first-order valence-electron chi connectivity index (χ1n) is 3.31. The van der Waals surface area contributed by atoms with Crippen LogP contribution in [0.2, 0.25) is 0 Å².